The zero-order valence-electron chi connectivity index (χ0n) is 12.0. The summed E-state index contributed by atoms with van der Waals surface area (Å²) in [6.07, 6.45) is 8.08. The fourth-order valence-corrected chi connectivity index (χ4v) is 0.999. The van der Waals surface area contributed by atoms with E-state index in [9.17, 15) is 4.79 Å². The number of hydrogen-bond acceptors (Lipinski definition) is 1. The van der Waals surface area contributed by atoms with Gasteiger partial charge in [0.05, 0.1) is 0 Å². The second-order valence-corrected chi connectivity index (χ2v) is 3.04. The molecule has 98 valence electrons. The van der Waals surface area contributed by atoms with E-state index >= 15 is 0 Å². The molecular weight excluding hydrogens is 200 g/mol. The summed E-state index contributed by atoms with van der Waals surface area (Å²) < 4.78 is 0. The minimum Gasteiger partial charge on any atom is -0.481 e. The number of carbonyl (C=O) groups is 1. The third kappa shape index (κ3) is 23.2. The molecule has 0 spiro atoms. The van der Waals surface area contributed by atoms with E-state index in [1.54, 1.807) is 12.5 Å². The fourth-order valence-electron chi connectivity index (χ4n) is 0.999. The summed E-state index contributed by atoms with van der Waals surface area (Å²) in [5, 5.41) is 7.72. The van der Waals surface area contributed by atoms with Crippen molar-refractivity contribution >= 4 is 5.97 Å². The Hall–Kier alpha value is -0.790. The van der Waals surface area contributed by atoms with Crippen molar-refractivity contribution in [3.63, 3.8) is 0 Å². The van der Waals surface area contributed by atoms with Crippen molar-refractivity contribution in [2.45, 2.75) is 73.6 Å². The van der Waals surface area contributed by atoms with Crippen LogP contribution in [0.5, 0.6) is 0 Å². The molecule has 0 saturated carbocycles. The van der Waals surface area contributed by atoms with Crippen LogP contribution in [0, 0.1) is 0 Å². The molecular formula is C14H30O2. The van der Waals surface area contributed by atoms with Gasteiger partial charge in [0.1, 0.15) is 0 Å². The predicted octanol–water partition coefficient (Wildman–Crippen LogP) is 5.04. The maximum Gasteiger partial charge on any atom is 0.303 e. The maximum atomic E-state index is 9.37. The molecule has 1 N–H and O–H groups in total. The van der Waals surface area contributed by atoms with Crippen molar-refractivity contribution in [1.82, 2.24) is 0 Å². The molecule has 2 nitrogen and oxygen atoms in total. The summed E-state index contributed by atoms with van der Waals surface area (Å²) in [5.74, 6) is -0.745. The highest BCUT2D eigenvalue weighted by Gasteiger charge is 1.95. The van der Waals surface area contributed by atoms with Crippen molar-refractivity contribution in [2.75, 3.05) is 0 Å². The maximum absolute atomic E-state index is 9.37. The molecule has 0 saturated heterocycles. The largest absolute Gasteiger partial charge is 0.481 e. The van der Waals surface area contributed by atoms with E-state index in [2.05, 4.69) is 13.0 Å². The summed E-state index contributed by atoms with van der Waals surface area (Å²) in [6, 6.07) is 0. The van der Waals surface area contributed by atoms with Gasteiger partial charge in [-0.25, -0.2) is 0 Å². The summed E-state index contributed by atoms with van der Waals surface area (Å²) >= 11 is 0. The number of aliphatic carboxylic acids is 1. The zero-order chi connectivity index (χ0) is 13.4. The van der Waals surface area contributed by atoms with E-state index in [-0.39, 0.29) is 6.42 Å². The highest BCUT2D eigenvalue weighted by Crippen LogP contribution is 2.15. The van der Waals surface area contributed by atoms with Crippen molar-refractivity contribution in [1.29, 1.82) is 0 Å². The lowest BCUT2D eigenvalue weighted by Gasteiger charge is -2.05. The van der Waals surface area contributed by atoms with Crippen LogP contribution in [-0.4, -0.2) is 11.1 Å². The van der Waals surface area contributed by atoms with Crippen LogP contribution in [0.4, 0.5) is 0 Å². The van der Waals surface area contributed by atoms with Crippen LogP contribution in [0.1, 0.15) is 73.6 Å². The average Bonchev–Trinajstić information content (AvgIpc) is 2.36. The summed E-state index contributed by atoms with van der Waals surface area (Å²) in [7, 11) is 0. The normalized spacial score (nSPS) is 12.5. The van der Waals surface area contributed by atoms with Gasteiger partial charge in [-0.2, -0.15) is 0 Å². The Morgan fingerprint density at radius 3 is 1.81 bits per heavy atom. The number of allylic oxidation sites excluding steroid dienone is 2. The molecule has 0 bridgehead atoms. The van der Waals surface area contributed by atoms with Gasteiger partial charge in [-0.3, -0.25) is 4.79 Å². The standard InChI is InChI=1S/C7H12.C3H6O2.2C2H6/c1-7-5-3-2-4-6-7;1-2-3(4)5;2*1-2/h5H,2-4,6H2,1H3;2H2,1H3,(H,4,5);2*1-2H3. The molecule has 0 radical (unpaired) electrons. The van der Waals surface area contributed by atoms with E-state index < -0.39 is 5.97 Å². The molecule has 0 fully saturated rings. The number of rotatable bonds is 1. The lowest BCUT2D eigenvalue weighted by Crippen LogP contribution is -1.86. The summed E-state index contributed by atoms with van der Waals surface area (Å²) in [5.41, 5.74) is 1.59. The molecule has 0 unspecified atom stereocenters. The van der Waals surface area contributed by atoms with Gasteiger partial charge in [0.15, 0.2) is 0 Å². The Morgan fingerprint density at radius 1 is 1.25 bits per heavy atom. The second kappa shape index (κ2) is 19.7. The Bertz CT molecular complexity index is 160. The smallest absolute Gasteiger partial charge is 0.303 e. The molecule has 0 aromatic rings. The molecule has 16 heavy (non-hydrogen) atoms. The lowest BCUT2D eigenvalue weighted by molar-refractivity contribution is -0.136. The first kappa shape index (κ1) is 20.6. The minimum atomic E-state index is -0.745. The van der Waals surface area contributed by atoms with E-state index in [1.807, 2.05) is 27.7 Å². The molecule has 0 amide bonds. The Morgan fingerprint density at radius 2 is 1.69 bits per heavy atom. The topological polar surface area (TPSA) is 37.3 Å². The molecule has 1 aliphatic rings. The van der Waals surface area contributed by atoms with Crippen molar-refractivity contribution in [2.24, 2.45) is 0 Å². The van der Waals surface area contributed by atoms with Gasteiger partial charge < -0.3 is 5.11 Å². The molecule has 1 rings (SSSR count). The first-order valence-corrected chi connectivity index (χ1v) is 6.54. The first-order chi connectivity index (χ1) is 7.66. The predicted molar refractivity (Wildman–Crippen MR) is 72.8 cm³/mol. The third-order valence-corrected chi connectivity index (χ3v) is 1.82. The molecule has 1 aliphatic carbocycles. The molecule has 0 heterocycles. The van der Waals surface area contributed by atoms with Gasteiger partial charge in [0.25, 0.3) is 0 Å². The van der Waals surface area contributed by atoms with Crippen LogP contribution in [-0.2, 0) is 4.79 Å². The SMILES string of the molecule is CC.CC.CC1=CCCCC1.CCC(=O)O. The Balaban J connectivity index is -0.000000167. The highest BCUT2D eigenvalue weighted by atomic mass is 16.4. The van der Waals surface area contributed by atoms with Crippen molar-refractivity contribution in [3.05, 3.63) is 11.6 Å². The Kier molecular flexibility index (Phi) is 25.4. The van der Waals surface area contributed by atoms with Crippen LogP contribution in [0.25, 0.3) is 0 Å². The van der Waals surface area contributed by atoms with Gasteiger partial charge in [0, 0.05) is 6.42 Å². The molecule has 2 heteroatoms. The van der Waals surface area contributed by atoms with Crippen LogP contribution < -0.4 is 0 Å². The van der Waals surface area contributed by atoms with E-state index in [0.29, 0.717) is 0 Å². The first-order valence-electron chi connectivity index (χ1n) is 6.54. The third-order valence-electron chi connectivity index (χ3n) is 1.82. The van der Waals surface area contributed by atoms with Gasteiger partial charge in [-0.05, 0) is 32.6 Å². The van der Waals surface area contributed by atoms with Crippen LogP contribution in [0.15, 0.2) is 11.6 Å². The molecule has 0 atom stereocenters. The summed E-state index contributed by atoms with van der Waals surface area (Å²) in [6.45, 7) is 11.8. The van der Waals surface area contributed by atoms with E-state index in [0.717, 1.165) is 0 Å². The van der Waals surface area contributed by atoms with Gasteiger partial charge in [-0.15, -0.1) is 0 Å². The second-order valence-electron chi connectivity index (χ2n) is 3.04. The number of carboxylic acids is 1. The number of carboxylic acid groups (broad SMARTS) is 1. The molecule has 0 aromatic carbocycles. The quantitative estimate of drug-likeness (QED) is 0.641. The van der Waals surface area contributed by atoms with E-state index in [1.165, 1.54) is 25.7 Å². The lowest BCUT2D eigenvalue weighted by atomic mass is 10.0. The average molecular weight is 230 g/mol. The highest BCUT2D eigenvalue weighted by molar-refractivity contribution is 5.66. The molecule has 0 aliphatic heterocycles. The van der Waals surface area contributed by atoms with Gasteiger partial charge in [0.2, 0.25) is 0 Å². The van der Waals surface area contributed by atoms with Crippen LogP contribution in [0.2, 0.25) is 0 Å². The zero-order valence-corrected chi connectivity index (χ0v) is 12.0. The molecule has 0 aromatic heterocycles. The van der Waals surface area contributed by atoms with Crippen molar-refractivity contribution < 1.29 is 9.90 Å². The van der Waals surface area contributed by atoms with Gasteiger partial charge in [-0.1, -0.05) is 46.3 Å². The van der Waals surface area contributed by atoms with Crippen LogP contribution >= 0.6 is 0 Å². The minimum absolute atomic E-state index is 0.222. The fraction of sp³-hybridized carbons (Fsp3) is 0.786. The monoisotopic (exact) mass is 230 g/mol. The summed E-state index contributed by atoms with van der Waals surface area (Å²) in [4.78, 5) is 9.37. The van der Waals surface area contributed by atoms with Gasteiger partial charge >= 0.3 is 5.97 Å². The Labute approximate surface area is 102 Å². The van der Waals surface area contributed by atoms with E-state index in [4.69, 9.17) is 5.11 Å². The van der Waals surface area contributed by atoms with Crippen molar-refractivity contribution in [3.8, 4) is 0 Å². The van der Waals surface area contributed by atoms with Crippen LogP contribution in [0.3, 0.4) is 0 Å². The number of hydrogen-bond donors (Lipinski definition) is 1.